The molecule has 6 nitrogen and oxygen atoms in total. The van der Waals surface area contributed by atoms with Crippen molar-refractivity contribution < 1.29 is 38.5 Å². The van der Waals surface area contributed by atoms with Crippen molar-refractivity contribution in [3.8, 4) is 0 Å². The van der Waals surface area contributed by atoms with Gasteiger partial charge in [0.2, 0.25) is 0 Å². The lowest BCUT2D eigenvalue weighted by Crippen LogP contribution is -2.62. The van der Waals surface area contributed by atoms with Crippen LogP contribution in [0.4, 0.5) is 8.78 Å². The zero-order valence-electron chi connectivity index (χ0n) is 25.4. The number of benzene rings is 2. The largest absolute Gasteiger partial charge is 0.481 e. The molecule has 0 amide bonds. The highest BCUT2D eigenvalue weighted by Crippen LogP contribution is 2.66. The van der Waals surface area contributed by atoms with Gasteiger partial charge in [-0.15, -0.1) is 0 Å². The second kappa shape index (κ2) is 11.2. The van der Waals surface area contributed by atoms with E-state index in [1.54, 1.807) is 12.1 Å². The third kappa shape index (κ3) is 4.89. The number of aliphatic carboxylic acids is 3. The van der Waals surface area contributed by atoms with Crippen LogP contribution in [0.15, 0.2) is 48.5 Å². The van der Waals surface area contributed by atoms with Gasteiger partial charge in [0.15, 0.2) is 5.92 Å². The summed E-state index contributed by atoms with van der Waals surface area (Å²) >= 11 is 0. The zero-order valence-corrected chi connectivity index (χ0v) is 25.4. The molecule has 0 atom stereocenters. The van der Waals surface area contributed by atoms with E-state index in [0.29, 0.717) is 29.2 Å². The smallest absolute Gasteiger partial charge is 0.318 e. The molecule has 8 aliphatic rings. The van der Waals surface area contributed by atoms with Crippen molar-refractivity contribution in [2.24, 2.45) is 53.3 Å². The van der Waals surface area contributed by atoms with E-state index in [0.717, 1.165) is 68.8 Å². The second-order valence-electron chi connectivity index (χ2n) is 15.3. The van der Waals surface area contributed by atoms with Gasteiger partial charge in [-0.25, -0.2) is 8.78 Å². The molecule has 2 aromatic rings. The molecule has 8 saturated carbocycles. The highest BCUT2D eigenvalue weighted by atomic mass is 19.1. The van der Waals surface area contributed by atoms with Gasteiger partial charge < -0.3 is 15.3 Å². The molecule has 45 heavy (non-hydrogen) atoms. The molecule has 8 fully saturated rings. The lowest BCUT2D eigenvalue weighted by atomic mass is 9.41. The molecule has 0 saturated heterocycles. The molecule has 2 aromatic carbocycles. The first-order chi connectivity index (χ1) is 21.5. The van der Waals surface area contributed by atoms with Crippen LogP contribution in [0.2, 0.25) is 0 Å². The summed E-state index contributed by atoms with van der Waals surface area (Å²) in [5.41, 5.74) is 0.568. The summed E-state index contributed by atoms with van der Waals surface area (Å²) < 4.78 is 26.7. The second-order valence-corrected chi connectivity index (χ2v) is 15.3. The molecule has 3 N–H and O–H groups in total. The average Bonchev–Trinajstić information content (AvgIpc) is 2.97. The maximum absolute atomic E-state index is 13.4. The van der Waals surface area contributed by atoms with Crippen molar-refractivity contribution in [1.82, 2.24) is 0 Å². The van der Waals surface area contributed by atoms with Crippen molar-refractivity contribution in [2.45, 2.75) is 81.5 Å². The van der Waals surface area contributed by atoms with E-state index in [1.807, 2.05) is 12.1 Å². The van der Waals surface area contributed by atoms with Gasteiger partial charge >= 0.3 is 17.9 Å². The van der Waals surface area contributed by atoms with Gasteiger partial charge in [-0.2, -0.15) is 0 Å². The Balaban J connectivity index is 0.000000146. The standard InChI is InChI=1S/C19H21FO4.C18H21FO2/c20-15-3-1-12(2-4-15)19(16(17(21)22)18(23)24)13-6-10-5-11(8-13)9-14(19)7-10;19-16-3-1-13(2-4-16)18(10-17(20)21)14-6-11-5-12(8-14)9-15(18)7-11/h1-4,10-11,13-14,16H,5-9H2,(H,21,22)(H,23,24);1-4,11-12,14-15H,5-10H2,(H,20,21). The van der Waals surface area contributed by atoms with Crippen LogP contribution in [0.3, 0.4) is 0 Å². The van der Waals surface area contributed by atoms with Gasteiger partial charge in [0.25, 0.3) is 0 Å². The van der Waals surface area contributed by atoms with Gasteiger partial charge in [-0.3, -0.25) is 14.4 Å². The van der Waals surface area contributed by atoms with Crippen molar-refractivity contribution in [3.63, 3.8) is 0 Å². The van der Waals surface area contributed by atoms with Gasteiger partial charge in [-0.05, 0) is 147 Å². The number of halogens is 2. The van der Waals surface area contributed by atoms with Crippen LogP contribution >= 0.6 is 0 Å². The molecule has 10 rings (SSSR count). The third-order valence-electron chi connectivity index (χ3n) is 13.2. The minimum atomic E-state index is -1.47. The average molecular weight is 621 g/mol. The highest BCUT2D eigenvalue weighted by Gasteiger charge is 2.64. The van der Waals surface area contributed by atoms with Crippen molar-refractivity contribution in [1.29, 1.82) is 0 Å². The van der Waals surface area contributed by atoms with Crippen LogP contribution in [0, 0.1) is 64.9 Å². The molecule has 240 valence electrons. The van der Waals surface area contributed by atoms with Gasteiger partial charge in [0, 0.05) is 10.8 Å². The summed E-state index contributed by atoms with van der Waals surface area (Å²) in [7, 11) is 0. The number of hydrogen-bond donors (Lipinski definition) is 3. The molecule has 8 bridgehead atoms. The molecule has 0 radical (unpaired) electrons. The topological polar surface area (TPSA) is 112 Å². The quantitative estimate of drug-likeness (QED) is 0.280. The Morgan fingerprint density at radius 2 is 0.933 bits per heavy atom. The van der Waals surface area contributed by atoms with Gasteiger partial charge in [0.1, 0.15) is 11.6 Å². The number of carboxylic acids is 3. The van der Waals surface area contributed by atoms with Gasteiger partial charge in [-0.1, -0.05) is 24.3 Å². The molecule has 0 heterocycles. The molecule has 0 unspecified atom stereocenters. The summed E-state index contributed by atoms with van der Waals surface area (Å²) in [5.74, 6) is -1.56. The first-order valence-corrected chi connectivity index (χ1v) is 16.7. The summed E-state index contributed by atoms with van der Waals surface area (Å²) in [6, 6.07) is 12.5. The highest BCUT2D eigenvalue weighted by molar-refractivity contribution is 5.95. The minimum Gasteiger partial charge on any atom is -0.481 e. The molecule has 8 aliphatic carbocycles. The summed E-state index contributed by atoms with van der Waals surface area (Å²) in [6.07, 6.45) is 11.0. The van der Waals surface area contributed by atoms with E-state index in [9.17, 15) is 38.5 Å². The molecular formula is C37H42F2O6. The monoisotopic (exact) mass is 620 g/mol. The normalized spacial score (nSPS) is 38.6. The number of rotatable bonds is 7. The Bertz CT molecular complexity index is 1400. The lowest BCUT2D eigenvalue weighted by molar-refractivity contribution is -0.171. The molecular weight excluding hydrogens is 578 g/mol. The van der Waals surface area contributed by atoms with E-state index in [4.69, 9.17) is 0 Å². The maximum atomic E-state index is 13.4. The third-order valence-corrected chi connectivity index (χ3v) is 13.2. The number of carbonyl (C=O) groups is 3. The summed E-state index contributed by atoms with van der Waals surface area (Å²) in [6.45, 7) is 0. The number of carboxylic acid groups (broad SMARTS) is 3. The summed E-state index contributed by atoms with van der Waals surface area (Å²) in [4.78, 5) is 35.5. The first-order valence-electron chi connectivity index (χ1n) is 16.7. The Labute approximate surface area is 262 Å². The van der Waals surface area contributed by atoms with E-state index >= 15 is 0 Å². The fourth-order valence-corrected chi connectivity index (χ4v) is 12.2. The zero-order chi connectivity index (χ0) is 31.7. The number of hydrogen-bond acceptors (Lipinski definition) is 3. The van der Waals surface area contributed by atoms with Crippen LogP contribution in [-0.2, 0) is 25.2 Å². The predicted octanol–water partition coefficient (Wildman–Crippen LogP) is 7.30. The molecule has 0 spiro atoms. The maximum Gasteiger partial charge on any atom is 0.318 e. The van der Waals surface area contributed by atoms with E-state index in [-0.39, 0.29) is 35.3 Å². The van der Waals surface area contributed by atoms with Crippen LogP contribution < -0.4 is 0 Å². The molecule has 8 heteroatoms. The Hall–Kier alpha value is -3.29. The van der Waals surface area contributed by atoms with Crippen LogP contribution in [-0.4, -0.2) is 33.2 Å². The summed E-state index contributed by atoms with van der Waals surface area (Å²) in [5, 5.41) is 29.0. The van der Waals surface area contributed by atoms with E-state index < -0.39 is 29.2 Å². The predicted molar refractivity (Wildman–Crippen MR) is 161 cm³/mol. The Morgan fingerprint density at radius 1 is 0.578 bits per heavy atom. The Kier molecular flexibility index (Phi) is 7.56. The van der Waals surface area contributed by atoms with E-state index in [2.05, 4.69) is 0 Å². The van der Waals surface area contributed by atoms with Crippen LogP contribution in [0.1, 0.15) is 81.8 Å². The van der Waals surface area contributed by atoms with Gasteiger partial charge in [0.05, 0.1) is 6.42 Å². The van der Waals surface area contributed by atoms with Crippen molar-refractivity contribution in [3.05, 3.63) is 71.3 Å². The Morgan fingerprint density at radius 3 is 1.29 bits per heavy atom. The lowest BCUT2D eigenvalue weighted by Gasteiger charge is -2.62. The first kappa shape index (κ1) is 30.4. The molecule has 0 aromatic heterocycles. The van der Waals surface area contributed by atoms with E-state index in [1.165, 1.54) is 37.1 Å². The van der Waals surface area contributed by atoms with Crippen molar-refractivity contribution >= 4 is 17.9 Å². The molecule has 0 aliphatic heterocycles. The van der Waals surface area contributed by atoms with Crippen LogP contribution in [0.5, 0.6) is 0 Å². The SMILES string of the molecule is O=C(O)C(C(=O)O)C1(c2ccc(F)cc2)C2CC3CC(C2)CC1C3.O=C(O)CC1(c2ccc(F)cc2)C2CC3CC(C2)CC1C3. The van der Waals surface area contributed by atoms with Crippen molar-refractivity contribution in [2.75, 3.05) is 0 Å². The fourth-order valence-electron chi connectivity index (χ4n) is 12.2. The fraction of sp³-hybridized carbons (Fsp3) is 0.595. The minimum absolute atomic E-state index is 0.0522. The van der Waals surface area contributed by atoms with Crippen LogP contribution in [0.25, 0.3) is 0 Å².